The Kier molecular flexibility index (Phi) is 4.10. The summed E-state index contributed by atoms with van der Waals surface area (Å²) in [6.07, 6.45) is 3.68. The Morgan fingerprint density at radius 3 is 2.71 bits per heavy atom. The monoisotopic (exact) mass is 297 g/mol. The van der Waals surface area contributed by atoms with Crippen LogP contribution in [0.2, 0.25) is 0 Å². The molecule has 1 aromatic rings. The third-order valence-corrected chi connectivity index (χ3v) is 4.37. The van der Waals surface area contributed by atoms with E-state index in [9.17, 15) is 0 Å². The maximum atomic E-state index is 5.30. The van der Waals surface area contributed by atoms with Crippen molar-refractivity contribution in [2.75, 3.05) is 20.2 Å². The van der Waals surface area contributed by atoms with Gasteiger partial charge >= 0.3 is 0 Å². The highest BCUT2D eigenvalue weighted by Gasteiger charge is 2.36. The summed E-state index contributed by atoms with van der Waals surface area (Å²) in [6, 6.07) is 6.23. The maximum Gasteiger partial charge on any atom is 0.119 e. The number of hydrogen-bond acceptors (Lipinski definition) is 2. The van der Waals surface area contributed by atoms with E-state index in [0.29, 0.717) is 5.41 Å². The summed E-state index contributed by atoms with van der Waals surface area (Å²) in [7, 11) is 1.72. The van der Waals surface area contributed by atoms with Gasteiger partial charge in [-0.3, -0.25) is 0 Å². The highest BCUT2D eigenvalue weighted by atomic mass is 79.9. The predicted octanol–water partition coefficient (Wildman–Crippen LogP) is 3.39. The second kappa shape index (κ2) is 5.40. The molecule has 17 heavy (non-hydrogen) atoms. The van der Waals surface area contributed by atoms with Gasteiger partial charge in [0.05, 0.1) is 7.11 Å². The quantitative estimate of drug-likeness (QED) is 0.899. The minimum absolute atomic E-state index is 0.462. The predicted molar refractivity (Wildman–Crippen MR) is 74.6 cm³/mol. The lowest BCUT2D eigenvalue weighted by Gasteiger charge is -2.43. The van der Waals surface area contributed by atoms with Gasteiger partial charge in [0.2, 0.25) is 0 Å². The molecule has 1 aromatic carbocycles. The zero-order valence-corrected chi connectivity index (χ0v) is 12.1. The molecule has 2 rings (SSSR count). The molecule has 1 aliphatic heterocycles. The van der Waals surface area contributed by atoms with Crippen LogP contribution in [0.3, 0.4) is 0 Å². The lowest BCUT2D eigenvalue weighted by Crippen LogP contribution is -2.54. The van der Waals surface area contributed by atoms with Gasteiger partial charge in [0.25, 0.3) is 0 Å². The van der Waals surface area contributed by atoms with Crippen molar-refractivity contribution in [2.24, 2.45) is 5.41 Å². The third kappa shape index (κ3) is 2.83. The number of nitrogens with one attached hydrogen (secondary N) is 1. The van der Waals surface area contributed by atoms with Gasteiger partial charge in [-0.2, -0.15) is 0 Å². The molecule has 0 aromatic heterocycles. The van der Waals surface area contributed by atoms with Crippen molar-refractivity contribution in [3.8, 4) is 5.75 Å². The van der Waals surface area contributed by atoms with Crippen LogP contribution in [0.1, 0.15) is 25.3 Å². The first-order valence-electron chi connectivity index (χ1n) is 6.22. The first-order chi connectivity index (χ1) is 8.19. The fourth-order valence-electron chi connectivity index (χ4n) is 2.62. The number of methoxy groups -OCH3 is 1. The zero-order valence-electron chi connectivity index (χ0n) is 10.6. The Morgan fingerprint density at radius 1 is 1.41 bits per heavy atom. The van der Waals surface area contributed by atoms with Crippen molar-refractivity contribution in [1.82, 2.24) is 5.32 Å². The molecule has 1 fully saturated rings. The molecular weight excluding hydrogens is 278 g/mol. The molecule has 1 aliphatic rings. The van der Waals surface area contributed by atoms with Crippen molar-refractivity contribution in [2.45, 2.75) is 26.2 Å². The molecule has 0 unspecified atom stereocenters. The van der Waals surface area contributed by atoms with E-state index in [2.05, 4.69) is 40.3 Å². The fraction of sp³-hybridized carbons (Fsp3) is 0.571. The molecule has 0 radical (unpaired) electrons. The molecule has 0 saturated carbocycles. The molecule has 1 saturated heterocycles. The molecule has 0 bridgehead atoms. The van der Waals surface area contributed by atoms with E-state index in [0.717, 1.165) is 25.3 Å². The molecule has 3 heteroatoms. The minimum atomic E-state index is 0.462. The summed E-state index contributed by atoms with van der Waals surface area (Å²) in [5, 5.41) is 3.41. The first kappa shape index (κ1) is 12.9. The Hall–Kier alpha value is -0.540. The minimum Gasteiger partial charge on any atom is -0.497 e. The number of ether oxygens (including phenoxy) is 1. The smallest absolute Gasteiger partial charge is 0.119 e. The van der Waals surface area contributed by atoms with Crippen molar-refractivity contribution < 1.29 is 4.74 Å². The van der Waals surface area contributed by atoms with Crippen molar-refractivity contribution in [3.63, 3.8) is 0 Å². The van der Waals surface area contributed by atoms with Crippen molar-refractivity contribution in [1.29, 1.82) is 0 Å². The standard InChI is InChI=1S/C14H20BrNO/c1-3-6-14(9-16-10-14)8-11-7-12(17-2)4-5-13(11)15/h4-5,7,16H,3,6,8-10H2,1-2H3. The van der Waals surface area contributed by atoms with Crippen LogP contribution in [-0.4, -0.2) is 20.2 Å². The Balaban J connectivity index is 2.16. The molecule has 0 amide bonds. The second-order valence-electron chi connectivity index (χ2n) is 4.99. The van der Waals surface area contributed by atoms with E-state index in [1.165, 1.54) is 22.9 Å². The fourth-order valence-corrected chi connectivity index (χ4v) is 3.00. The van der Waals surface area contributed by atoms with E-state index in [4.69, 9.17) is 4.74 Å². The van der Waals surface area contributed by atoms with Gasteiger partial charge < -0.3 is 10.1 Å². The Morgan fingerprint density at radius 2 is 2.18 bits per heavy atom. The first-order valence-corrected chi connectivity index (χ1v) is 7.01. The van der Waals surface area contributed by atoms with Gasteiger partial charge in [-0.05, 0) is 42.0 Å². The highest BCUT2D eigenvalue weighted by Crippen LogP contribution is 2.36. The van der Waals surface area contributed by atoms with Crippen LogP contribution in [0.15, 0.2) is 22.7 Å². The summed E-state index contributed by atoms with van der Waals surface area (Å²) in [4.78, 5) is 0. The van der Waals surface area contributed by atoms with Crippen LogP contribution in [0.4, 0.5) is 0 Å². The Labute approximate surface area is 112 Å². The van der Waals surface area contributed by atoms with Gasteiger partial charge in [0, 0.05) is 17.6 Å². The molecule has 1 heterocycles. The maximum absolute atomic E-state index is 5.30. The molecule has 94 valence electrons. The third-order valence-electron chi connectivity index (χ3n) is 3.60. The average Bonchev–Trinajstić information content (AvgIpc) is 2.29. The lowest BCUT2D eigenvalue weighted by atomic mass is 9.73. The van der Waals surface area contributed by atoms with Gasteiger partial charge in [0.1, 0.15) is 5.75 Å². The van der Waals surface area contributed by atoms with Crippen LogP contribution >= 0.6 is 15.9 Å². The molecule has 0 aliphatic carbocycles. The summed E-state index contributed by atoms with van der Waals surface area (Å²) in [5.74, 6) is 0.946. The van der Waals surface area contributed by atoms with Gasteiger partial charge in [0.15, 0.2) is 0 Å². The van der Waals surface area contributed by atoms with Gasteiger partial charge in [-0.15, -0.1) is 0 Å². The SMILES string of the molecule is CCCC1(Cc2cc(OC)ccc2Br)CNC1. The van der Waals surface area contributed by atoms with Crippen molar-refractivity contribution in [3.05, 3.63) is 28.2 Å². The summed E-state index contributed by atoms with van der Waals surface area (Å²) >= 11 is 3.64. The van der Waals surface area contributed by atoms with E-state index < -0.39 is 0 Å². The molecule has 1 N–H and O–H groups in total. The molecule has 0 spiro atoms. The van der Waals surface area contributed by atoms with Crippen LogP contribution < -0.4 is 10.1 Å². The Bertz CT molecular complexity index is 388. The average molecular weight is 298 g/mol. The highest BCUT2D eigenvalue weighted by molar-refractivity contribution is 9.10. The topological polar surface area (TPSA) is 21.3 Å². The second-order valence-corrected chi connectivity index (χ2v) is 5.84. The lowest BCUT2D eigenvalue weighted by molar-refractivity contribution is 0.150. The van der Waals surface area contributed by atoms with Crippen LogP contribution in [0.5, 0.6) is 5.75 Å². The number of benzene rings is 1. The summed E-state index contributed by atoms with van der Waals surface area (Å²) in [5.41, 5.74) is 1.82. The van der Waals surface area contributed by atoms with E-state index in [-0.39, 0.29) is 0 Å². The molecule has 2 nitrogen and oxygen atoms in total. The van der Waals surface area contributed by atoms with E-state index in [1.807, 2.05) is 6.07 Å². The number of halogens is 1. The van der Waals surface area contributed by atoms with Crippen molar-refractivity contribution >= 4 is 15.9 Å². The summed E-state index contributed by atoms with van der Waals surface area (Å²) in [6.45, 7) is 4.55. The van der Waals surface area contributed by atoms with Crippen LogP contribution in [-0.2, 0) is 6.42 Å². The number of hydrogen-bond donors (Lipinski definition) is 1. The van der Waals surface area contributed by atoms with Gasteiger partial charge in [-0.1, -0.05) is 29.3 Å². The summed E-state index contributed by atoms with van der Waals surface area (Å²) < 4.78 is 6.49. The largest absolute Gasteiger partial charge is 0.497 e. The van der Waals surface area contributed by atoms with Crippen LogP contribution in [0.25, 0.3) is 0 Å². The molecule has 0 atom stereocenters. The zero-order chi connectivity index (χ0) is 12.3. The molecular formula is C14H20BrNO. The van der Waals surface area contributed by atoms with Gasteiger partial charge in [-0.25, -0.2) is 0 Å². The number of rotatable bonds is 5. The normalized spacial score (nSPS) is 17.6. The van der Waals surface area contributed by atoms with Crippen LogP contribution in [0, 0.1) is 5.41 Å². The van der Waals surface area contributed by atoms with E-state index >= 15 is 0 Å². The van der Waals surface area contributed by atoms with E-state index in [1.54, 1.807) is 7.11 Å².